The van der Waals surface area contributed by atoms with Crippen LogP contribution in [0.5, 0.6) is 0 Å². The molecule has 5 N–H and O–H groups in total. The summed E-state index contributed by atoms with van der Waals surface area (Å²) in [5.74, 6) is -1.16. The summed E-state index contributed by atoms with van der Waals surface area (Å²) in [5.41, 5.74) is 5.46. The van der Waals surface area contributed by atoms with Gasteiger partial charge in [0.15, 0.2) is 5.84 Å². The normalized spacial score (nSPS) is 12.8. The standard InChI is InChI=1S/C12H24N4O3/c1-3-5-9(11(13)16-19)12(18)15-8-6-10(17)14-7-4-2/h9,19H,3-8H2,1-2H3,(H2,13,16)(H,14,17)(H,15,18). The minimum absolute atomic E-state index is 0.0991. The number of amidine groups is 1. The maximum atomic E-state index is 11.8. The number of oxime groups is 1. The van der Waals surface area contributed by atoms with Crippen molar-refractivity contribution in [2.75, 3.05) is 13.1 Å². The van der Waals surface area contributed by atoms with Gasteiger partial charge in [-0.05, 0) is 12.8 Å². The first-order valence-corrected chi connectivity index (χ1v) is 6.58. The van der Waals surface area contributed by atoms with E-state index in [-0.39, 0.29) is 30.6 Å². The van der Waals surface area contributed by atoms with Gasteiger partial charge in [0.05, 0.1) is 5.92 Å². The molecule has 0 saturated carbocycles. The van der Waals surface area contributed by atoms with Crippen LogP contribution in [0, 0.1) is 5.92 Å². The van der Waals surface area contributed by atoms with E-state index in [2.05, 4.69) is 15.8 Å². The largest absolute Gasteiger partial charge is 0.409 e. The molecule has 2 amide bonds. The number of hydrogen-bond donors (Lipinski definition) is 4. The van der Waals surface area contributed by atoms with Crippen molar-refractivity contribution in [3.8, 4) is 0 Å². The molecule has 0 aromatic heterocycles. The Morgan fingerprint density at radius 2 is 1.89 bits per heavy atom. The Kier molecular flexibility index (Phi) is 9.20. The monoisotopic (exact) mass is 272 g/mol. The van der Waals surface area contributed by atoms with Crippen molar-refractivity contribution >= 4 is 17.6 Å². The van der Waals surface area contributed by atoms with Crippen LogP contribution in [-0.4, -0.2) is 35.9 Å². The van der Waals surface area contributed by atoms with Gasteiger partial charge in [-0.2, -0.15) is 0 Å². The molecule has 0 rings (SSSR count). The van der Waals surface area contributed by atoms with Crippen LogP contribution in [-0.2, 0) is 9.59 Å². The molecule has 0 aromatic carbocycles. The van der Waals surface area contributed by atoms with Gasteiger partial charge in [0.2, 0.25) is 11.8 Å². The van der Waals surface area contributed by atoms with E-state index < -0.39 is 5.92 Å². The van der Waals surface area contributed by atoms with Gasteiger partial charge in [-0.15, -0.1) is 0 Å². The maximum Gasteiger partial charge on any atom is 0.230 e. The molecule has 0 saturated heterocycles. The Bertz CT molecular complexity index is 318. The molecule has 0 aliphatic carbocycles. The van der Waals surface area contributed by atoms with Crippen molar-refractivity contribution in [1.29, 1.82) is 0 Å². The molecule has 7 heteroatoms. The molecule has 19 heavy (non-hydrogen) atoms. The highest BCUT2D eigenvalue weighted by molar-refractivity contribution is 6.02. The van der Waals surface area contributed by atoms with E-state index in [0.29, 0.717) is 13.0 Å². The van der Waals surface area contributed by atoms with Gasteiger partial charge in [0, 0.05) is 19.5 Å². The summed E-state index contributed by atoms with van der Waals surface area (Å²) in [7, 11) is 0. The van der Waals surface area contributed by atoms with Crippen LogP contribution in [0.25, 0.3) is 0 Å². The quantitative estimate of drug-likeness (QED) is 0.207. The Labute approximate surface area is 113 Å². The summed E-state index contributed by atoms with van der Waals surface area (Å²) < 4.78 is 0. The second-order valence-electron chi connectivity index (χ2n) is 4.26. The van der Waals surface area contributed by atoms with Gasteiger partial charge in [-0.3, -0.25) is 9.59 Å². The molecule has 110 valence electrons. The summed E-state index contributed by atoms with van der Waals surface area (Å²) in [6.45, 7) is 4.75. The fraction of sp³-hybridized carbons (Fsp3) is 0.750. The van der Waals surface area contributed by atoms with Gasteiger partial charge in [0.25, 0.3) is 0 Å². The van der Waals surface area contributed by atoms with Crippen LogP contribution in [0.4, 0.5) is 0 Å². The molecular formula is C12H24N4O3. The van der Waals surface area contributed by atoms with Crippen molar-refractivity contribution in [3.05, 3.63) is 0 Å². The van der Waals surface area contributed by atoms with E-state index in [9.17, 15) is 9.59 Å². The highest BCUT2D eigenvalue weighted by Gasteiger charge is 2.21. The average molecular weight is 272 g/mol. The fourth-order valence-electron chi connectivity index (χ4n) is 1.55. The lowest BCUT2D eigenvalue weighted by molar-refractivity contribution is -0.123. The number of carbonyl (C=O) groups excluding carboxylic acids is 2. The lowest BCUT2D eigenvalue weighted by Crippen LogP contribution is -2.40. The van der Waals surface area contributed by atoms with E-state index in [0.717, 1.165) is 12.8 Å². The predicted molar refractivity (Wildman–Crippen MR) is 72.7 cm³/mol. The summed E-state index contributed by atoms with van der Waals surface area (Å²) in [4.78, 5) is 23.1. The van der Waals surface area contributed by atoms with Gasteiger partial charge in [-0.1, -0.05) is 25.4 Å². The molecule has 0 heterocycles. The zero-order chi connectivity index (χ0) is 14.7. The molecule has 0 aliphatic heterocycles. The summed E-state index contributed by atoms with van der Waals surface area (Å²) >= 11 is 0. The zero-order valence-corrected chi connectivity index (χ0v) is 11.6. The predicted octanol–water partition coefficient (Wildman–Crippen LogP) is 0.182. The Morgan fingerprint density at radius 1 is 1.21 bits per heavy atom. The van der Waals surface area contributed by atoms with Crippen molar-refractivity contribution in [1.82, 2.24) is 10.6 Å². The first kappa shape index (κ1) is 17.2. The third-order valence-corrected chi connectivity index (χ3v) is 2.59. The van der Waals surface area contributed by atoms with Gasteiger partial charge < -0.3 is 21.6 Å². The van der Waals surface area contributed by atoms with Crippen LogP contribution in [0.2, 0.25) is 0 Å². The molecule has 0 fully saturated rings. The molecule has 0 aromatic rings. The molecule has 1 atom stereocenters. The van der Waals surface area contributed by atoms with Gasteiger partial charge in [0.1, 0.15) is 0 Å². The molecule has 0 bridgehead atoms. The second kappa shape index (κ2) is 10.2. The number of rotatable bonds is 9. The maximum absolute atomic E-state index is 11.8. The van der Waals surface area contributed by atoms with E-state index in [1.807, 2.05) is 13.8 Å². The highest BCUT2D eigenvalue weighted by Crippen LogP contribution is 2.06. The SMILES string of the molecule is CCCNC(=O)CCNC(=O)C(CCC)C(N)=NO. The summed E-state index contributed by atoms with van der Waals surface area (Å²) in [6, 6.07) is 0. The number of carbonyl (C=O) groups is 2. The van der Waals surface area contributed by atoms with E-state index in [1.54, 1.807) is 0 Å². The molecule has 0 spiro atoms. The highest BCUT2D eigenvalue weighted by atomic mass is 16.4. The average Bonchev–Trinajstić information content (AvgIpc) is 2.41. The number of nitrogens with zero attached hydrogens (tertiary/aromatic N) is 1. The minimum Gasteiger partial charge on any atom is -0.409 e. The van der Waals surface area contributed by atoms with Crippen molar-refractivity contribution in [3.63, 3.8) is 0 Å². The lowest BCUT2D eigenvalue weighted by Gasteiger charge is -2.14. The fourth-order valence-corrected chi connectivity index (χ4v) is 1.55. The number of nitrogens with two attached hydrogens (primary N) is 1. The van der Waals surface area contributed by atoms with Crippen LogP contribution in [0.1, 0.15) is 39.5 Å². The Balaban J connectivity index is 4.10. The smallest absolute Gasteiger partial charge is 0.230 e. The van der Waals surface area contributed by atoms with E-state index >= 15 is 0 Å². The number of amides is 2. The first-order valence-electron chi connectivity index (χ1n) is 6.58. The first-order chi connectivity index (χ1) is 9.06. The zero-order valence-electron chi connectivity index (χ0n) is 11.6. The number of nitrogens with one attached hydrogen (secondary N) is 2. The third-order valence-electron chi connectivity index (χ3n) is 2.59. The van der Waals surface area contributed by atoms with Gasteiger partial charge in [-0.25, -0.2) is 0 Å². The Morgan fingerprint density at radius 3 is 2.42 bits per heavy atom. The van der Waals surface area contributed by atoms with Gasteiger partial charge >= 0.3 is 0 Å². The molecule has 0 radical (unpaired) electrons. The van der Waals surface area contributed by atoms with Crippen LogP contribution < -0.4 is 16.4 Å². The summed E-state index contributed by atoms with van der Waals surface area (Å²) in [6.07, 6.45) is 2.34. The lowest BCUT2D eigenvalue weighted by atomic mass is 10.0. The van der Waals surface area contributed by atoms with E-state index in [4.69, 9.17) is 10.9 Å². The Hall–Kier alpha value is -1.79. The van der Waals surface area contributed by atoms with Crippen LogP contribution in [0.3, 0.4) is 0 Å². The number of hydrogen-bond acceptors (Lipinski definition) is 4. The van der Waals surface area contributed by atoms with E-state index in [1.165, 1.54) is 0 Å². The topological polar surface area (TPSA) is 117 Å². The van der Waals surface area contributed by atoms with Crippen molar-refractivity contribution < 1.29 is 14.8 Å². The van der Waals surface area contributed by atoms with Crippen LogP contribution in [0.15, 0.2) is 5.16 Å². The van der Waals surface area contributed by atoms with Crippen molar-refractivity contribution in [2.24, 2.45) is 16.8 Å². The molecule has 0 aliphatic rings. The van der Waals surface area contributed by atoms with Crippen molar-refractivity contribution in [2.45, 2.75) is 39.5 Å². The minimum atomic E-state index is -0.645. The summed E-state index contributed by atoms with van der Waals surface area (Å²) in [5, 5.41) is 16.8. The second-order valence-corrected chi connectivity index (χ2v) is 4.26. The van der Waals surface area contributed by atoms with Crippen LogP contribution >= 0.6 is 0 Å². The molecule has 7 nitrogen and oxygen atoms in total. The third kappa shape index (κ3) is 7.28. The molecular weight excluding hydrogens is 248 g/mol. The molecule has 1 unspecified atom stereocenters.